The molecule has 1 saturated heterocycles. The Morgan fingerprint density at radius 3 is 2.32 bits per heavy atom. The number of rotatable bonds is 5. The van der Waals surface area contributed by atoms with Crippen LogP contribution in [0.4, 0.5) is 0 Å². The van der Waals surface area contributed by atoms with E-state index in [4.69, 9.17) is 26.4 Å². The smallest absolute Gasteiger partial charge is 0.343 e. The lowest BCUT2D eigenvalue weighted by molar-refractivity contribution is -0.121. The van der Waals surface area contributed by atoms with Crippen molar-refractivity contribution >= 4 is 46.3 Å². The van der Waals surface area contributed by atoms with E-state index in [9.17, 15) is 9.59 Å². The van der Waals surface area contributed by atoms with Crippen molar-refractivity contribution in [3.05, 3.63) is 58.5 Å². The zero-order valence-corrected chi connectivity index (χ0v) is 17.1. The molecular weight excluding hydrogens is 398 g/mol. The van der Waals surface area contributed by atoms with E-state index >= 15 is 0 Å². The third-order valence-electron chi connectivity index (χ3n) is 3.99. The van der Waals surface area contributed by atoms with Gasteiger partial charge < -0.3 is 14.2 Å². The molecule has 1 fully saturated rings. The van der Waals surface area contributed by atoms with Gasteiger partial charge in [0.15, 0.2) is 11.5 Å². The van der Waals surface area contributed by atoms with Gasteiger partial charge in [0.05, 0.1) is 24.7 Å². The summed E-state index contributed by atoms with van der Waals surface area (Å²) in [4.78, 5) is 26.4. The molecule has 0 bridgehead atoms. The molecule has 0 atom stereocenters. The van der Waals surface area contributed by atoms with Gasteiger partial charge in [-0.25, -0.2) is 4.79 Å². The normalized spacial score (nSPS) is 15.1. The van der Waals surface area contributed by atoms with Gasteiger partial charge >= 0.3 is 5.97 Å². The summed E-state index contributed by atoms with van der Waals surface area (Å²) in [5.74, 6) is 0.723. The van der Waals surface area contributed by atoms with Crippen molar-refractivity contribution in [3.63, 3.8) is 0 Å². The summed E-state index contributed by atoms with van der Waals surface area (Å²) in [7, 11) is 4.67. The lowest BCUT2D eigenvalue weighted by atomic mass is 10.2. The molecule has 1 aliphatic rings. The first-order valence-corrected chi connectivity index (χ1v) is 9.41. The van der Waals surface area contributed by atoms with Crippen LogP contribution in [0.1, 0.15) is 15.9 Å². The number of amides is 1. The first-order chi connectivity index (χ1) is 13.4. The van der Waals surface area contributed by atoms with E-state index in [0.29, 0.717) is 32.0 Å². The van der Waals surface area contributed by atoms with Gasteiger partial charge in [0, 0.05) is 7.05 Å². The van der Waals surface area contributed by atoms with Crippen molar-refractivity contribution in [2.24, 2.45) is 0 Å². The molecule has 8 heteroatoms. The van der Waals surface area contributed by atoms with Crippen LogP contribution in [-0.4, -0.2) is 42.4 Å². The van der Waals surface area contributed by atoms with E-state index < -0.39 is 5.97 Å². The number of methoxy groups -OCH3 is 2. The van der Waals surface area contributed by atoms with Crippen LogP contribution in [0.25, 0.3) is 6.08 Å². The number of esters is 1. The number of benzene rings is 2. The number of ether oxygens (including phenoxy) is 3. The highest BCUT2D eigenvalue weighted by molar-refractivity contribution is 8.26. The Hall–Kier alpha value is -2.84. The Kier molecular flexibility index (Phi) is 6.01. The van der Waals surface area contributed by atoms with Crippen LogP contribution in [0.5, 0.6) is 17.2 Å². The molecule has 0 saturated carbocycles. The zero-order valence-electron chi connectivity index (χ0n) is 15.4. The summed E-state index contributed by atoms with van der Waals surface area (Å²) >= 11 is 6.37. The summed E-state index contributed by atoms with van der Waals surface area (Å²) in [5.41, 5.74) is 1.15. The van der Waals surface area contributed by atoms with E-state index in [-0.39, 0.29) is 5.91 Å². The van der Waals surface area contributed by atoms with E-state index in [1.165, 1.54) is 30.9 Å². The summed E-state index contributed by atoms with van der Waals surface area (Å²) < 4.78 is 16.3. The van der Waals surface area contributed by atoms with Crippen LogP contribution in [0.3, 0.4) is 0 Å². The quantitative estimate of drug-likeness (QED) is 0.319. The summed E-state index contributed by atoms with van der Waals surface area (Å²) in [6.45, 7) is 0. The first-order valence-electron chi connectivity index (χ1n) is 8.18. The monoisotopic (exact) mass is 415 g/mol. The summed E-state index contributed by atoms with van der Waals surface area (Å²) in [5, 5.41) is 0. The molecule has 2 aromatic carbocycles. The highest BCUT2D eigenvalue weighted by Gasteiger charge is 2.28. The number of nitrogens with zero attached hydrogens (tertiary/aromatic N) is 1. The Labute approximate surface area is 172 Å². The maximum absolute atomic E-state index is 12.4. The minimum Gasteiger partial charge on any atom is -0.493 e. The fourth-order valence-electron chi connectivity index (χ4n) is 2.46. The minimum absolute atomic E-state index is 0.126. The Bertz CT molecular complexity index is 969. The molecule has 144 valence electrons. The second kappa shape index (κ2) is 8.45. The molecule has 1 aliphatic heterocycles. The molecule has 0 N–H and O–H groups in total. The fraction of sp³-hybridized carbons (Fsp3) is 0.150. The van der Waals surface area contributed by atoms with Gasteiger partial charge in [0.1, 0.15) is 10.1 Å². The second-order valence-electron chi connectivity index (χ2n) is 5.77. The van der Waals surface area contributed by atoms with Crippen molar-refractivity contribution in [1.29, 1.82) is 0 Å². The number of likely N-dealkylation sites (N-methyl/N-ethyl adjacent to an activating group) is 1. The number of carbonyl (C=O) groups is 2. The van der Waals surface area contributed by atoms with Gasteiger partial charge in [-0.05, 0) is 42.0 Å². The predicted octanol–water partition coefficient (Wildman–Crippen LogP) is 3.75. The average molecular weight is 415 g/mol. The second-order valence-corrected chi connectivity index (χ2v) is 7.44. The van der Waals surface area contributed by atoms with Crippen molar-refractivity contribution in [2.45, 2.75) is 0 Å². The Balaban J connectivity index is 1.72. The fourth-order valence-corrected chi connectivity index (χ4v) is 3.64. The third-order valence-corrected chi connectivity index (χ3v) is 5.48. The first kappa shape index (κ1) is 19.9. The Morgan fingerprint density at radius 2 is 1.75 bits per heavy atom. The van der Waals surface area contributed by atoms with E-state index in [1.807, 2.05) is 0 Å². The highest BCUT2D eigenvalue weighted by atomic mass is 32.2. The molecule has 0 aliphatic carbocycles. The number of carbonyl (C=O) groups excluding carboxylic acids is 2. The van der Waals surface area contributed by atoms with Crippen LogP contribution < -0.4 is 14.2 Å². The predicted molar refractivity (Wildman–Crippen MR) is 112 cm³/mol. The Morgan fingerprint density at radius 1 is 1.07 bits per heavy atom. The summed E-state index contributed by atoms with van der Waals surface area (Å²) in [6, 6.07) is 11.7. The van der Waals surface area contributed by atoms with Gasteiger partial charge in [0.25, 0.3) is 5.91 Å². The largest absolute Gasteiger partial charge is 0.493 e. The van der Waals surface area contributed by atoms with Crippen LogP contribution in [-0.2, 0) is 4.79 Å². The lowest BCUT2D eigenvalue weighted by Crippen LogP contribution is -2.22. The highest BCUT2D eigenvalue weighted by Crippen LogP contribution is 2.32. The van der Waals surface area contributed by atoms with Crippen LogP contribution >= 0.6 is 24.0 Å². The van der Waals surface area contributed by atoms with Gasteiger partial charge in [-0.15, -0.1) is 0 Å². The van der Waals surface area contributed by atoms with E-state index in [2.05, 4.69) is 0 Å². The van der Waals surface area contributed by atoms with Crippen molar-refractivity contribution in [2.75, 3.05) is 21.3 Å². The zero-order chi connectivity index (χ0) is 20.3. The molecule has 1 amide bonds. The maximum atomic E-state index is 12.4. The van der Waals surface area contributed by atoms with Gasteiger partial charge in [-0.1, -0.05) is 36.1 Å². The van der Waals surface area contributed by atoms with E-state index in [0.717, 1.165) is 5.56 Å². The van der Waals surface area contributed by atoms with Gasteiger partial charge in [-0.3, -0.25) is 9.69 Å². The van der Waals surface area contributed by atoms with Crippen molar-refractivity contribution in [1.82, 2.24) is 4.90 Å². The van der Waals surface area contributed by atoms with Crippen LogP contribution in [0.15, 0.2) is 47.4 Å². The molecule has 2 aromatic rings. The maximum Gasteiger partial charge on any atom is 0.343 e. The molecule has 3 rings (SSSR count). The molecule has 6 nitrogen and oxygen atoms in total. The summed E-state index contributed by atoms with van der Waals surface area (Å²) in [6.07, 6.45) is 1.75. The number of thioether (sulfide) groups is 1. The van der Waals surface area contributed by atoms with Crippen LogP contribution in [0.2, 0.25) is 0 Å². The molecule has 0 aromatic heterocycles. The molecule has 0 spiro atoms. The SMILES string of the molecule is COc1ccc(C(=O)Oc2ccc(C=C3SC(=S)N(C)C3=O)cc2)cc1OC. The molecule has 0 unspecified atom stereocenters. The lowest BCUT2D eigenvalue weighted by Gasteiger charge is -2.09. The number of hydrogen-bond donors (Lipinski definition) is 0. The van der Waals surface area contributed by atoms with E-state index in [1.54, 1.807) is 55.6 Å². The third kappa shape index (κ3) is 4.18. The number of hydrogen-bond acceptors (Lipinski definition) is 7. The van der Waals surface area contributed by atoms with Gasteiger partial charge in [0.2, 0.25) is 0 Å². The number of thiocarbonyl (C=S) groups is 1. The molecule has 1 heterocycles. The molecule has 28 heavy (non-hydrogen) atoms. The topological polar surface area (TPSA) is 65.1 Å². The van der Waals surface area contributed by atoms with Crippen molar-refractivity contribution < 1.29 is 23.8 Å². The van der Waals surface area contributed by atoms with Crippen molar-refractivity contribution in [3.8, 4) is 17.2 Å². The minimum atomic E-state index is -0.513. The average Bonchev–Trinajstić information content (AvgIpc) is 2.95. The standard InChI is InChI=1S/C20H17NO5S2/c1-21-18(22)17(28-20(21)27)10-12-4-7-14(8-5-12)26-19(23)13-6-9-15(24-2)16(11-13)25-3/h4-11H,1-3H3. The van der Waals surface area contributed by atoms with Gasteiger partial charge in [-0.2, -0.15) is 0 Å². The van der Waals surface area contributed by atoms with Crippen LogP contribution in [0, 0.1) is 0 Å². The molecular formula is C20H17NO5S2. The molecule has 0 radical (unpaired) electrons.